The Morgan fingerprint density at radius 1 is 0.889 bits per heavy atom. The molecule has 0 bridgehead atoms. The van der Waals surface area contributed by atoms with Gasteiger partial charge < -0.3 is 9.80 Å². The largest absolute Gasteiger partial charge is 0.352 e. The molecular formula is C19H17N7O. The van der Waals surface area contributed by atoms with Crippen LogP contribution in [0, 0.1) is 0 Å². The quantitative estimate of drug-likeness (QED) is 0.541. The molecule has 2 aromatic carbocycles. The smallest absolute Gasteiger partial charge is 0.254 e. The van der Waals surface area contributed by atoms with Crippen molar-refractivity contribution in [2.24, 2.45) is 0 Å². The molecule has 3 heterocycles. The summed E-state index contributed by atoms with van der Waals surface area (Å²) in [6.45, 7) is 2.74. The van der Waals surface area contributed by atoms with Crippen molar-refractivity contribution >= 4 is 28.1 Å². The maximum Gasteiger partial charge on any atom is 0.254 e. The molecule has 134 valence electrons. The molecule has 8 nitrogen and oxygen atoms in total. The fourth-order valence-corrected chi connectivity index (χ4v) is 3.53. The number of benzene rings is 2. The molecule has 0 atom stereocenters. The Morgan fingerprint density at radius 3 is 2.59 bits per heavy atom. The lowest BCUT2D eigenvalue weighted by Gasteiger charge is -2.35. The lowest BCUT2D eigenvalue weighted by atomic mass is 10.0. The zero-order valence-corrected chi connectivity index (χ0v) is 14.6. The van der Waals surface area contributed by atoms with Crippen LogP contribution in [0.25, 0.3) is 16.4 Å². The number of carbonyl (C=O) groups excluding carboxylic acids is 1. The van der Waals surface area contributed by atoms with Crippen molar-refractivity contribution in [3.05, 3.63) is 60.2 Å². The fraction of sp³-hybridized carbons (Fsp3) is 0.211. The molecule has 1 aliphatic heterocycles. The Hall–Kier alpha value is -3.55. The predicted octanol–water partition coefficient (Wildman–Crippen LogP) is 1.63. The van der Waals surface area contributed by atoms with E-state index in [1.807, 2.05) is 59.5 Å². The Kier molecular flexibility index (Phi) is 3.67. The molecular weight excluding hydrogens is 342 g/mol. The average molecular weight is 359 g/mol. The van der Waals surface area contributed by atoms with Crippen LogP contribution < -0.4 is 4.90 Å². The van der Waals surface area contributed by atoms with Crippen molar-refractivity contribution in [3.8, 4) is 0 Å². The zero-order chi connectivity index (χ0) is 18.2. The van der Waals surface area contributed by atoms with Gasteiger partial charge >= 0.3 is 0 Å². The number of nitrogens with zero attached hydrogens (tertiary/aromatic N) is 7. The van der Waals surface area contributed by atoms with Gasteiger partial charge in [0.15, 0.2) is 11.5 Å². The molecule has 1 amide bonds. The number of hydrogen-bond acceptors (Lipinski definition) is 6. The minimum atomic E-state index is 0.0790. The monoisotopic (exact) mass is 359 g/mol. The number of aromatic nitrogens is 5. The zero-order valence-electron chi connectivity index (χ0n) is 14.6. The Bertz CT molecular complexity index is 1130. The van der Waals surface area contributed by atoms with Crippen LogP contribution in [0.3, 0.4) is 0 Å². The third kappa shape index (κ3) is 2.75. The van der Waals surface area contributed by atoms with Gasteiger partial charge in [0.05, 0.1) is 0 Å². The van der Waals surface area contributed by atoms with Gasteiger partial charge in [-0.1, -0.05) is 36.4 Å². The second-order valence-corrected chi connectivity index (χ2v) is 6.52. The molecule has 0 radical (unpaired) electrons. The van der Waals surface area contributed by atoms with E-state index in [1.54, 1.807) is 0 Å². The molecule has 2 aromatic heterocycles. The highest BCUT2D eigenvalue weighted by molar-refractivity contribution is 6.07. The van der Waals surface area contributed by atoms with E-state index in [1.165, 1.54) is 4.63 Å². The Labute approximate surface area is 155 Å². The van der Waals surface area contributed by atoms with Crippen molar-refractivity contribution in [2.75, 3.05) is 31.1 Å². The molecule has 0 N–H and O–H groups in total. The number of piperazine rings is 1. The van der Waals surface area contributed by atoms with Gasteiger partial charge in [-0.05, 0) is 39.4 Å². The van der Waals surface area contributed by atoms with E-state index < -0.39 is 0 Å². The van der Waals surface area contributed by atoms with Gasteiger partial charge in [-0.2, -0.15) is 0 Å². The van der Waals surface area contributed by atoms with Crippen LogP contribution in [0.15, 0.2) is 54.6 Å². The van der Waals surface area contributed by atoms with Crippen LogP contribution in [-0.4, -0.2) is 62.2 Å². The SMILES string of the molecule is O=C(c1cccc2ccccc12)N1CCN(c2ccc3nnnn3n2)CC1. The lowest BCUT2D eigenvalue weighted by Crippen LogP contribution is -2.49. The van der Waals surface area contributed by atoms with Gasteiger partial charge in [0.2, 0.25) is 0 Å². The van der Waals surface area contributed by atoms with Gasteiger partial charge in [-0.25, -0.2) is 0 Å². The van der Waals surface area contributed by atoms with Crippen molar-refractivity contribution < 1.29 is 4.79 Å². The van der Waals surface area contributed by atoms with Crippen LogP contribution in [-0.2, 0) is 0 Å². The lowest BCUT2D eigenvalue weighted by molar-refractivity contribution is 0.0748. The van der Waals surface area contributed by atoms with E-state index in [9.17, 15) is 4.79 Å². The third-order valence-electron chi connectivity index (χ3n) is 4.97. The number of rotatable bonds is 2. The first-order valence-electron chi connectivity index (χ1n) is 8.87. The first kappa shape index (κ1) is 15.7. The topological polar surface area (TPSA) is 79.5 Å². The van der Waals surface area contributed by atoms with Crippen LogP contribution in [0.1, 0.15) is 10.4 Å². The number of carbonyl (C=O) groups is 1. The van der Waals surface area contributed by atoms with Gasteiger partial charge in [-0.3, -0.25) is 4.79 Å². The third-order valence-corrected chi connectivity index (χ3v) is 4.97. The fourth-order valence-electron chi connectivity index (χ4n) is 3.53. The minimum Gasteiger partial charge on any atom is -0.352 e. The molecule has 0 aliphatic carbocycles. The van der Waals surface area contributed by atoms with Crippen LogP contribution in [0.2, 0.25) is 0 Å². The van der Waals surface area contributed by atoms with Gasteiger partial charge in [-0.15, -0.1) is 14.8 Å². The summed E-state index contributed by atoms with van der Waals surface area (Å²) in [5, 5.41) is 17.8. The molecule has 0 saturated carbocycles. The molecule has 1 fully saturated rings. The van der Waals surface area contributed by atoms with E-state index in [-0.39, 0.29) is 5.91 Å². The van der Waals surface area contributed by atoms with E-state index in [0.29, 0.717) is 18.7 Å². The molecule has 0 unspecified atom stereocenters. The number of tetrazole rings is 1. The minimum absolute atomic E-state index is 0.0790. The molecule has 0 spiro atoms. The number of hydrogen-bond donors (Lipinski definition) is 0. The highest BCUT2D eigenvalue weighted by Crippen LogP contribution is 2.21. The molecule has 1 saturated heterocycles. The molecule has 5 rings (SSSR count). The summed E-state index contributed by atoms with van der Waals surface area (Å²) < 4.78 is 1.42. The molecule has 8 heteroatoms. The van der Waals surface area contributed by atoms with Gasteiger partial charge in [0.1, 0.15) is 0 Å². The van der Waals surface area contributed by atoms with Gasteiger partial charge in [0.25, 0.3) is 5.91 Å². The molecule has 4 aromatic rings. The second kappa shape index (κ2) is 6.31. The maximum absolute atomic E-state index is 13.1. The van der Waals surface area contributed by atoms with E-state index in [4.69, 9.17) is 0 Å². The summed E-state index contributed by atoms with van der Waals surface area (Å²) in [6, 6.07) is 17.6. The van der Waals surface area contributed by atoms with Crippen molar-refractivity contribution in [2.45, 2.75) is 0 Å². The maximum atomic E-state index is 13.1. The van der Waals surface area contributed by atoms with Crippen molar-refractivity contribution in [3.63, 3.8) is 0 Å². The van der Waals surface area contributed by atoms with Crippen LogP contribution >= 0.6 is 0 Å². The number of amides is 1. The summed E-state index contributed by atoms with van der Waals surface area (Å²) in [5.41, 5.74) is 1.37. The first-order valence-corrected chi connectivity index (χ1v) is 8.87. The predicted molar refractivity (Wildman–Crippen MR) is 101 cm³/mol. The average Bonchev–Trinajstić information content (AvgIpc) is 3.21. The summed E-state index contributed by atoms with van der Waals surface area (Å²) in [6.07, 6.45) is 0. The van der Waals surface area contributed by atoms with Gasteiger partial charge in [0, 0.05) is 31.7 Å². The van der Waals surface area contributed by atoms with Crippen LogP contribution in [0.5, 0.6) is 0 Å². The number of fused-ring (bicyclic) bond motifs is 2. The molecule has 27 heavy (non-hydrogen) atoms. The Balaban J connectivity index is 1.34. The molecule has 1 aliphatic rings. The Morgan fingerprint density at radius 2 is 1.70 bits per heavy atom. The summed E-state index contributed by atoms with van der Waals surface area (Å²) in [5.74, 6) is 0.891. The first-order chi connectivity index (χ1) is 13.3. The summed E-state index contributed by atoms with van der Waals surface area (Å²) >= 11 is 0. The highest BCUT2D eigenvalue weighted by atomic mass is 16.2. The van der Waals surface area contributed by atoms with Crippen molar-refractivity contribution in [1.29, 1.82) is 0 Å². The van der Waals surface area contributed by atoms with Crippen molar-refractivity contribution in [1.82, 2.24) is 30.2 Å². The summed E-state index contributed by atoms with van der Waals surface area (Å²) in [4.78, 5) is 17.1. The van der Waals surface area contributed by atoms with E-state index in [2.05, 4.69) is 25.5 Å². The second-order valence-electron chi connectivity index (χ2n) is 6.52. The van der Waals surface area contributed by atoms with E-state index >= 15 is 0 Å². The highest BCUT2D eigenvalue weighted by Gasteiger charge is 2.24. The number of anilines is 1. The van der Waals surface area contributed by atoms with Crippen LogP contribution in [0.4, 0.5) is 5.82 Å². The standard InChI is InChI=1S/C19H17N7O/c27-19(16-7-3-5-14-4-1-2-6-15(14)16)25-12-10-24(11-13-25)18-9-8-17-20-22-23-26(17)21-18/h1-9H,10-13H2. The van der Waals surface area contributed by atoms with E-state index in [0.717, 1.165) is 35.2 Å². The summed E-state index contributed by atoms with van der Waals surface area (Å²) in [7, 11) is 0. The normalized spacial score (nSPS) is 14.8.